The zero-order valence-corrected chi connectivity index (χ0v) is 36.2. The molecule has 12 atom stereocenters. The van der Waals surface area contributed by atoms with E-state index in [4.69, 9.17) is 37.9 Å². The van der Waals surface area contributed by atoms with Gasteiger partial charge in [-0.2, -0.15) is 0 Å². The van der Waals surface area contributed by atoms with Gasteiger partial charge in [-0.15, -0.1) is 0 Å². The molecule has 60 heavy (non-hydrogen) atoms. The summed E-state index contributed by atoms with van der Waals surface area (Å²) in [7, 11) is 2.82. The predicted molar refractivity (Wildman–Crippen MR) is 210 cm³/mol. The minimum absolute atomic E-state index is 0.112. The first-order valence-corrected chi connectivity index (χ1v) is 20.6. The molecule has 330 valence electrons. The Hall–Kier alpha value is -4.54. The van der Waals surface area contributed by atoms with Gasteiger partial charge in [-0.25, -0.2) is 19.2 Å². The van der Waals surface area contributed by atoms with Crippen molar-refractivity contribution in [3.8, 4) is 0 Å². The normalized spacial score (nSPS) is 33.8. The number of carbonyl (C=O) groups is 6. The molecule has 1 aromatic carbocycles. The number of benzene rings is 1. The summed E-state index contributed by atoms with van der Waals surface area (Å²) in [5.74, 6) is -5.95. The van der Waals surface area contributed by atoms with Crippen LogP contribution in [-0.2, 0) is 52.3 Å². The maximum absolute atomic E-state index is 15.4. The molecule has 4 aliphatic carbocycles. The van der Waals surface area contributed by atoms with E-state index in [-0.39, 0.29) is 41.4 Å². The van der Waals surface area contributed by atoms with Crippen LogP contribution >= 0.6 is 0 Å². The summed E-state index contributed by atoms with van der Waals surface area (Å²) >= 11 is 0. The van der Waals surface area contributed by atoms with Gasteiger partial charge in [0, 0.05) is 32.5 Å². The Morgan fingerprint density at radius 3 is 2.23 bits per heavy atom. The van der Waals surface area contributed by atoms with Crippen LogP contribution in [0.2, 0.25) is 0 Å². The highest BCUT2D eigenvalue weighted by atomic mass is 16.8. The van der Waals surface area contributed by atoms with Crippen LogP contribution < -0.4 is 5.32 Å². The number of hydrogen-bond donors (Lipinski definition) is 2. The third kappa shape index (κ3) is 7.56. The highest BCUT2D eigenvalue weighted by Gasteiger charge is 2.80. The van der Waals surface area contributed by atoms with Gasteiger partial charge in [0.1, 0.15) is 17.3 Å². The first kappa shape index (κ1) is 45.0. The van der Waals surface area contributed by atoms with E-state index in [0.717, 1.165) is 0 Å². The maximum atomic E-state index is 15.4. The summed E-state index contributed by atoms with van der Waals surface area (Å²) in [6, 6.07) is 6.92. The van der Waals surface area contributed by atoms with E-state index in [1.54, 1.807) is 71.9 Å². The van der Waals surface area contributed by atoms with Crippen LogP contribution in [0, 0.1) is 29.1 Å². The molecule has 6 rings (SSSR count). The molecule has 1 aromatic rings. The van der Waals surface area contributed by atoms with Crippen LogP contribution in [0.5, 0.6) is 0 Å². The van der Waals surface area contributed by atoms with Gasteiger partial charge in [0.2, 0.25) is 5.60 Å². The van der Waals surface area contributed by atoms with Crippen LogP contribution in [0.3, 0.4) is 0 Å². The van der Waals surface area contributed by atoms with Gasteiger partial charge in [-0.1, -0.05) is 45.9 Å². The van der Waals surface area contributed by atoms with E-state index in [1.807, 2.05) is 13.8 Å². The number of hydrogen-bond acceptors (Lipinski definition) is 15. The van der Waals surface area contributed by atoms with Crippen molar-refractivity contribution in [3.05, 3.63) is 47.0 Å². The van der Waals surface area contributed by atoms with Crippen LogP contribution in [0.1, 0.15) is 98.4 Å². The number of esters is 3. The molecule has 3 saturated carbocycles. The fourth-order valence-electron chi connectivity index (χ4n) is 10.7. The van der Waals surface area contributed by atoms with Crippen molar-refractivity contribution >= 4 is 35.9 Å². The Kier molecular flexibility index (Phi) is 12.3. The zero-order chi connectivity index (χ0) is 44.3. The van der Waals surface area contributed by atoms with Crippen LogP contribution in [-0.4, -0.2) is 115 Å². The second-order valence-corrected chi connectivity index (χ2v) is 18.6. The smallest absolute Gasteiger partial charge is 0.458 e. The third-order valence-corrected chi connectivity index (χ3v) is 13.1. The second-order valence-electron chi connectivity index (χ2n) is 18.6. The zero-order valence-electron chi connectivity index (χ0n) is 36.2. The number of ketones is 1. The molecule has 2 bridgehead atoms. The van der Waals surface area contributed by atoms with E-state index in [1.165, 1.54) is 21.1 Å². The van der Waals surface area contributed by atoms with Crippen molar-refractivity contribution in [2.75, 3.05) is 14.2 Å². The number of fused-ring (bicyclic) bond motifs is 4. The van der Waals surface area contributed by atoms with Crippen molar-refractivity contribution < 1.29 is 71.8 Å². The van der Waals surface area contributed by atoms with Gasteiger partial charge in [-0.3, -0.25) is 9.59 Å². The highest BCUT2D eigenvalue weighted by Crippen LogP contribution is 2.66. The van der Waals surface area contributed by atoms with Gasteiger partial charge >= 0.3 is 30.2 Å². The summed E-state index contributed by atoms with van der Waals surface area (Å²) in [6.07, 6.45) is -9.56. The van der Waals surface area contributed by atoms with E-state index >= 15 is 4.79 Å². The molecule has 1 amide bonds. The molecule has 1 spiro atoms. The van der Waals surface area contributed by atoms with Crippen molar-refractivity contribution in [2.24, 2.45) is 29.1 Å². The van der Waals surface area contributed by atoms with Gasteiger partial charge in [0.15, 0.2) is 30.2 Å². The molecule has 16 nitrogen and oxygen atoms in total. The highest BCUT2D eigenvalue weighted by molar-refractivity contribution is 5.92. The summed E-state index contributed by atoms with van der Waals surface area (Å²) in [5.41, 5.74) is -5.22. The topological polar surface area (TPSA) is 209 Å². The molecular formula is C44H59NO15. The SMILES string of the molecule is CO[C@H]1C(=O)C2[C@@H](OC)C[C@H]3CC[C@@]3(OC(C)=O)[C@H]2[C@H](OC(=O)c2ccccc2)[C@]23OC(=O)O[C@H]2[C@H](OC(=O)[C@H](O)[C@H](CC(C)C)NC(=O)OC(C)(C)C)C(C)=C1C3(C)C. The Labute approximate surface area is 350 Å². The van der Waals surface area contributed by atoms with Gasteiger partial charge in [0.05, 0.1) is 29.5 Å². The molecular weight excluding hydrogens is 782 g/mol. The fourth-order valence-corrected chi connectivity index (χ4v) is 10.7. The molecule has 5 aliphatic rings. The van der Waals surface area contributed by atoms with E-state index in [2.05, 4.69) is 5.32 Å². The maximum Gasteiger partial charge on any atom is 0.509 e. The van der Waals surface area contributed by atoms with Crippen molar-refractivity contribution in [1.29, 1.82) is 0 Å². The van der Waals surface area contributed by atoms with E-state index in [9.17, 15) is 29.1 Å². The quantitative estimate of drug-likeness (QED) is 0.170. The lowest BCUT2D eigenvalue weighted by Crippen LogP contribution is -2.78. The monoisotopic (exact) mass is 841 g/mol. The van der Waals surface area contributed by atoms with E-state index < -0.39 is 113 Å². The Balaban J connectivity index is 1.57. The lowest BCUT2D eigenvalue weighted by atomic mass is 9.44. The van der Waals surface area contributed by atoms with Crippen LogP contribution in [0.4, 0.5) is 9.59 Å². The number of rotatable bonds is 11. The number of amides is 1. The molecule has 16 heteroatoms. The first-order chi connectivity index (χ1) is 28.0. The Bertz CT molecular complexity index is 1900. The van der Waals surface area contributed by atoms with Gasteiger partial charge in [0.25, 0.3) is 0 Å². The summed E-state index contributed by atoms with van der Waals surface area (Å²) in [4.78, 5) is 84.0. The van der Waals surface area contributed by atoms with Gasteiger partial charge in [-0.05, 0) is 82.6 Å². The summed E-state index contributed by atoms with van der Waals surface area (Å²) in [6.45, 7) is 15.0. The fraction of sp³-hybridized carbons (Fsp3) is 0.682. The minimum atomic E-state index is -2.10. The van der Waals surface area contributed by atoms with Crippen molar-refractivity contribution in [3.63, 3.8) is 0 Å². The first-order valence-electron chi connectivity index (χ1n) is 20.6. The number of methoxy groups -OCH3 is 2. The average molecular weight is 842 g/mol. The predicted octanol–water partition coefficient (Wildman–Crippen LogP) is 5.02. The Morgan fingerprint density at radius 2 is 1.68 bits per heavy atom. The Morgan fingerprint density at radius 1 is 1.02 bits per heavy atom. The molecule has 2 N–H and O–H groups in total. The van der Waals surface area contributed by atoms with Gasteiger partial charge < -0.3 is 48.3 Å². The lowest BCUT2D eigenvalue weighted by molar-refractivity contribution is -0.280. The molecule has 4 fully saturated rings. The van der Waals surface area contributed by atoms with E-state index in [0.29, 0.717) is 12.8 Å². The average Bonchev–Trinajstić information content (AvgIpc) is 3.52. The molecule has 1 heterocycles. The lowest BCUT2D eigenvalue weighted by Gasteiger charge is -2.65. The van der Waals surface area contributed by atoms with Crippen molar-refractivity contribution in [2.45, 2.75) is 147 Å². The largest absolute Gasteiger partial charge is 0.509 e. The molecule has 1 aliphatic heterocycles. The minimum Gasteiger partial charge on any atom is -0.458 e. The number of aliphatic hydroxyl groups is 1. The molecule has 0 radical (unpaired) electrons. The number of ether oxygens (including phenoxy) is 8. The molecule has 1 unspecified atom stereocenters. The third-order valence-electron chi connectivity index (χ3n) is 13.1. The van der Waals surface area contributed by atoms with Crippen LogP contribution in [0.15, 0.2) is 41.5 Å². The number of aliphatic hydroxyl groups excluding tert-OH is 1. The molecule has 1 saturated heterocycles. The van der Waals surface area contributed by atoms with Crippen molar-refractivity contribution in [1.82, 2.24) is 5.32 Å². The number of nitrogens with one attached hydrogen (secondary N) is 1. The summed E-state index contributed by atoms with van der Waals surface area (Å²) in [5, 5.41) is 14.2. The number of carbonyl (C=O) groups excluding carboxylic acids is 6. The number of alkyl carbamates (subject to hydrolysis) is 1. The second kappa shape index (κ2) is 16.4. The summed E-state index contributed by atoms with van der Waals surface area (Å²) < 4.78 is 49.0. The van der Waals surface area contributed by atoms with Crippen LogP contribution in [0.25, 0.3) is 0 Å². The number of Topliss-reactive ketones (excluding diaryl/α,β-unsaturated/α-hetero) is 1. The standard InChI is InChI=1S/C44H59NO15/c1-21(2)19-26(45-39(51)59-41(5,6)7)31(47)38(50)55-33-22(3)29-34(54-11)32(48)28-27(53-10)20-25-17-18-43(25,58-23(4)46)30(28)35(56-37(49)24-15-13-12-14-16-24)44(42(29,8)9)36(33)57-40(52)60-44/h12-16,21,25-28,30-31,33-36,47H,17-20H2,1-11H3,(H,45,51)/t25-,26+,27+,28?,30-,31-,33-,34-,35+,36+,43+,44+/m1/s1. The molecule has 0 aromatic heterocycles.